The van der Waals surface area contributed by atoms with E-state index in [1.165, 1.54) is 22.3 Å². The third kappa shape index (κ3) is 5.46. The summed E-state index contributed by atoms with van der Waals surface area (Å²) < 4.78 is 5.95. The number of aromatic nitrogens is 1. The molecular formula is C25H31ClN2O3. The molecule has 0 bridgehead atoms. The second-order valence-corrected chi connectivity index (χ2v) is 8.40. The van der Waals surface area contributed by atoms with Gasteiger partial charge in [0.2, 0.25) is 0 Å². The van der Waals surface area contributed by atoms with Crippen LogP contribution in [-0.2, 0) is 17.8 Å². The summed E-state index contributed by atoms with van der Waals surface area (Å²) in [5.74, 6) is -0.0377. The number of rotatable bonds is 6. The molecule has 1 N–H and O–H groups in total. The molecule has 4 rings (SSSR count). The minimum Gasteiger partial charge on any atom is -0.487 e. The van der Waals surface area contributed by atoms with E-state index < -0.39 is 5.97 Å². The van der Waals surface area contributed by atoms with Crippen LogP contribution in [0.25, 0.3) is 5.57 Å². The highest BCUT2D eigenvalue weighted by atomic mass is 35.5. The fourth-order valence-electron chi connectivity index (χ4n) is 4.05. The van der Waals surface area contributed by atoms with Crippen molar-refractivity contribution in [2.45, 2.75) is 47.1 Å². The zero-order chi connectivity index (χ0) is 22.5. The Hall–Kier alpha value is -2.37. The molecule has 2 aromatic rings. The largest absolute Gasteiger partial charge is 0.487 e. The standard InChI is InChI=1S/C23H25ClN2O3.C2H6/c1-14-7-19(25-9-22(14)24)13-29-20-5-6-21-15(2)17(4-3-16(21)8-20)10-26-11-18(12-26)23(27)28;1-2/h5-9,18H,3-4,10-13H2,1-2H3,(H,27,28);1-2H3. The molecule has 1 fully saturated rings. The number of halogens is 1. The molecule has 1 aliphatic carbocycles. The average molecular weight is 443 g/mol. The van der Waals surface area contributed by atoms with Crippen molar-refractivity contribution in [3.05, 3.63) is 63.4 Å². The first kappa shape index (κ1) is 23.3. The minimum absolute atomic E-state index is 0.203. The molecule has 0 radical (unpaired) electrons. The first-order chi connectivity index (χ1) is 14.9. The van der Waals surface area contributed by atoms with Gasteiger partial charge in [-0.1, -0.05) is 37.1 Å². The van der Waals surface area contributed by atoms with Crippen LogP contribution in [0.15, 0.2) is 36.0 Å². The number of aliphatic carboxylic acids is 1. The van der Waals surface area contributed by atoms with Gasteiger partial charge in [-0.25, -0.2) is 0 Å². The number of carbonyl (C=O) groups is 1. The van der Waals surface area contributed by atoms with Crippen LogP contribution in [0.1, 0.15) is 49.6 Å². The predicted octanol–water partition coefficient (Wildman–Crippen LogP) is 5.38. The van der Waals surface area contributed by atoms with Gasteiger partial charge < -0.3 is 9.84 Å². The van der Waals surface area contributed by atoms with Crippen LogP contribution in [0.4, 0.5) is 0 Å². The highest BCUT2D eigenvalue weighted by Crippen LogP contribution is 2.34. The lowest BCUT2D eigenvalue weighted by molar-refractivity contribution is -0.147. The molecule has 1 aromatic heterocycles. The van der Waals surface area contributed by atoms with E-state index in [4.69, 9.17) is 21.4 Å². The van der Waals surface area contributed by atoms with E-state index in [9.17, 15) is 4.79 Å². The summed E-state index contributed by atoms with van der Waals surface area (Å²) in [6.45, 7) is 10.7. The molecular weight excluding hydrogens is 412 g/mol. The zero-order valence-corrected chi connectivity index (χ0v) is 19.5. The second-order valence-electron chi connectivity index (χ2n) is 7.99. The molecule has 0 amide bonds. The zero-order valence-electron chi connectivity index (χ0n) is 18.7. The van der Waals surface area contributed by atoms with Crippen molar-refractivity contribution in [1.82, 2.24) is 9.88 Å². The number of carboxylic acids is 1. The van der Waals surface area contributed by atoms with Crippen LogP contribution in [0, 0.1) is 12.8 Å². The quantitative estimate of drug-likeness (QED) is 0.650. The average Bonchev–Trinajstić information content (AvgIpc) is 2.73. The normalized spacial score (nSPS) is 16.2. The summed E-state index contributed by atoms with van der Waals surface area (Å²) in [5, 5.41) is 9.71. The molecule has 1 aromatic carbocycles. The molecule has 166 valence electrons. The van der Waals surface area contributed by atoms with Gasteiger partial charge in [0.05, 0.1) is 16.6 Å². The van der Waals surface area contributed by atoms with Gasteiger partial charge in [-0.2, -0.15) is 0 Å². The van der Waals surface area contributed by atoms with Crippen molar-refractivity contribution >= 4 is 23.1 Å². The van der Waals surface area contributed by atoms with Crippen molar-refractivity contribution in [2.75, 3.05) is 19.6 Å². The van der Waals surface area contributed by atoms with E-state index in [1.54, 1.807) is 6.20 Å². The van der Waals surface area contributed by atoms with Crippen molar-refractivity contribution < 1.29 is 14.6 Å². The molecule has 31 heavy (non-hydrogen) atoms. The SMILES string of the molecule is CC.CC1=C(CN2CC(C(=O)O)C2)CCc2cc(OCc3cc(C)c(Cl)cn3)ccc21. The van der Waals surface area contributed by atoms with Gasteiger partial charge in [-0.05, 0) is 67.2 Å². The van der Waals surface area contributed by atoms with Gasteiger partial charge in [-0.15, -0.1) is 0 Å². The Kier molecular flexibility index (Phi) is 7.74. The molecule has 0 unspecified atom stereocenters. The van der Waals surface area contributed by atoms with Gasteiger partial charge in [0.15, 0.2) is 0 Å². The number of benzene rings is 1. The van der Waals surface area contributed by atoms with E-state index in [1.807, 2.05) is 32.9 Å². The molecule has 5 nitrogen and oxygen atoms in total. The Morgan fingerprint density at radius 2 is 1.97 bits per heavy atom. The molecule has 6 heteroatoms. The van der Waals surface area contributed by atoms with Crippen LogP contribution >= 0.6 is 11.6 Å². The number of hydrogen-bond donors (Lipinski definition) is 1. The number of likely N-dealkylation sites (tertiary alicyclic amines) is 1. The van der Waals surface area contributed by atoms with E-state index in [0.717, 1.165) is 36.4 Å². The summed E-state index contributed by atoms with van der Waals surface area (Å²) in [4.78, 5) is 17.5. The number of ether oxygens (including phenoxy) is 1. The Morgan fingerprint density at radius 3 is 2.65 bits per heavy atom. The number of aryl methyl sites for hydroxylation is 2. The van der Waals surface area contributed by atoms with Crippen molar-refractivity contribution in [2.24, 2.45) is 5.92 Å². The van der Waals surface area contributed by atoms with Crippen molar-refractivity contribution in [1.29, 1.82) is 0 Å². The third-order valence-corrected chi connectivity index (χ3v) is 6.31. The number of carboxylic acid groups (broad SMARTS) is 1. The molecule has 0 saturated carbocycles. The summed E-state index contributed by atoms with van der Waals surface area (Å²) in [5.41, 5.74) is 7.15. The maximum atomic E-state index is 11.0. The van der Waals surface area contributed by atoms with Crippen LogP contribution in [-0.4, -0.2) is 40.6 Å². The number of allylic oxidation sites excluding steroid dienone is 1. The van der Waals surface area contributed by atoms with Gasteiger partial charge in [-0.3, -0.25) is 14.7 Å². The monoisotopic (exact) mass is 442 g/mol. The number of nitrogens with zero attached hydrogens (tertiary/aromatic N) is 2. The molecule has 0 spiro atoms. The number of fused-ring (bicyclic) bond motifs is 1. The minimum atomic E-state index is -0.683. The maximum absolute atomic E-state index is 11.0. The summed E-state index contributed by atoms with van der Waals surface area (Å²) in [7, 11) is 0. The second kappa shape index (κ2) is 10.3. The first-order valence-electron chi connectivity index (χ1n) is 10.9. The highest BCUT2D eigenvalue weighted by Gasteiger charge is 2.33. The maximum Gasteiger partial charge on any atom is 0.309 e. The smallest absolute Gasteiger partial charge is 0.309 e. The van der Waals surface area contributed by atoms with Gasteiger partial charge in [0.25, 0.3) is 0 Å². The topological polar surface area (TPSA) is 62.7 Å². The molecule has 1 saturated heterocycles. The third-order valence-electron chi connectivity index (χ3n) is 5.92. The van der Waals surface area contributed by atoms with Crippen LogP contribution in [0.3, 0.4) is 0 Å². The molecule has 1 aliphatic heterocycles. The predicted molar refractivity (Wildman–Crippen MR) is 125 cm³/mol. The Labute approximate surface area is 189 Å². The lowest BCUT2D eigenvalue weighted by atomic mass is 9.85. The summed E-state index contributed by atoms with van der Waals surface area (Å²) in [6, 6.07) is 8.22. The number of hydrogen-bond acceptors (Lipinski definition) is 4. The Morgan fingerprint density at radius 1 is 1.23 bits per heavy atom. The molecule has 0 atom stereocenters. The van der Waals surface area contributed by atoms with E-state index in [0.29, 0.717) is 24.7 Å². The Bertz CT molecular complexity index is 981. The van der Waals surface area contributed by atoms with Crippen molar-refractivity contribution in [3.63, 3.8) is 0 Å². The lowest BCUT2D eigenvalue weighted by Crippen LogP contribution is -2.50. The first-order valence-corrected chi connectivity index (χ1v) is 11.3. The fourth-order valence-corrected chi connectivity index (χ4v) is 4.16. The lowest BCUT2D eigenvalue weighted by Gasteiger charge is -2.38. The fraction of sp³-hybridized carbons (Fsp3) is 0.440. The summed E-state index contributed by atoms with van der Waals surface area (Å²) >= 11 is 6.03. The van der Waals surface area contributed by atoms with Crippen LogP contribution in [0.5, 0.6) is 5.75 Å². The highest BCUT2D eigenvalue weighted by molar-refractivity contribution is 6.31. The number of pyridine rings is 1. The van der Waals surface area contributed by atoms with Crippen LogP contribution < -0.4 is 4.74 Å². The Balaban J connectivity index is 0.00000132. The van der Waals surface area contributed by atoms with E-state index in [2.05, 4.69) is 28.9 Å². The van der Waals surface area contributed by atoms with Crippen molar-refractivity contribution in [3.8, 4) is 5.75 Å². The summed E-state index contributed by atoms with van der Waals surface area (Å²) in [6.07, 6.45) is 3.65. The van der Waals surface area contributed by atoms with Gasteiger partial charge in [0.1, 0.15) is 12.4 Å². The van der Waals surface area contributed by atoms with Gasteiger partial charge >= 0.3 is 5.97 Å². The van der Waals surface area contributed by atoms with E-state index >= 15 is 0 Å². The van der Waals surface area contributed by atoms with E-state index in [-0.39, 0.29) is 5.92 Å². The van der Waals surface area contributed by atoms with Gasteiger partial charge in [0, 0.05) is 25.8 Å². The molecule has 2 heterocycles. The molecule has 2 aliphatic rings. The van der Waals surface area contributed by atoms with Crippen LogP contribution in [0.2, 0.25) is 5.02 Å².